The number of aromatic amines is 1. The average Bonchev–Trinajstić information content (AvgIpc) is 4.03. The number of unbranched alkanes of at least 4 members (excludes halogenated alkanes) is 1. The van der Waals surface area contributed by atoms with Crippen LogP contribution in [0.5, 0.6) is 0 Å². The van der Waals surface area contributed by atoms with Gasteiger partial charge in [0.15, 0.2) is 0 Å². The maximum Gasteiger partial charge on any atom is 0.407 e. The van der Waals surface area contributed by atoms with Crippen LogP contribution in [0.1, 0.15) is 69.2 Å². The number of benzene rings is 3. The first kappa shape index (κ1) is 46.5. The number of ether oxygens (including phenoxy) is 4. The Bertz CT molecular complexity index is 2120. The molecule has 7 rings (SSSR count). The highest BCUT2D eigenvalue weighted by molar-refractivity contribution is 5.92. The number of fused-ring (bicyclic) bond motifs is 1. The van der Waals surface area contributed by atoms with Crippen molar-refractivity contribution in [2.75, 3.05) is 60.3 Å². The topological polar surface area (TPSA) is 202 Å². The first-order valence-electron chi connectivity index (χ1n) is 22.1. The zero-order chi connectivity index (χ0) is 44.4. The van der Waals surface area contributed by atoms with Crippen LogP contribution >= 0.6 is 0 Å². The molecule has 1 aromatic heterocycles. The second-order valence-electron chi connectivity index (χ2n) is 16.0. The van der Waals surface area contributed by atoms with E-state index in [0.717, 1.165) is 77.0 Å². The number of alkyl carbamates (subject to hydrolysis) is 2. The number of carbonyl (C=O) groups is 5. The van der Waals surface area contributed by atoms with Crippen LogP contribution in [0.2, 0.25) is 0 Å². The number of rotatable bonds is 15. The van der Waals surface area contributed by atoms with Crippen LogP contribution in [0.3, 0.4) is 0 Å². The molecule has 16 heteroatoms. The minimum absolute atomic E-state index is 0.0899. The van der Waals surface area contributed by atoms with Crippen molar-refractivity contribution in [3.8, 4) is 22.4 Å². The third-order valence-corrected chi connectivity index (χ3v) is 11.7. The molecule has 0 radical (unpaired) electrons. The van der Waals surface area contributed by atoms with Crippen molar-refractivity contribution in [3.63, 3.8) is 0 Å². The Morgan fingerprint density at radius 3 is 2.13 bits per heavy atom. The van der Waals surface area contributed by atoms with Crippen LogP contribution in [0.25, 0.3) is 33.2 Å². The molecule has 3 fully saturated rings. The minimum Gasteiger partial charge on any atom is -0.453 e. The summed E-state index contributed by atoms with van der Waals surface area (Å²) in [6.45, 7) is 4.21. The van der Waals surface area contributed by atoms with Crippen LogP contribution in [-0.2, 0) is 46.3 Å². The van der Waals surface area contributed by atoms with Gasteiger partial charge in [0.1, 0.15) is 17.9 Å². The van der Waals surface area contributed by atoms with Crippen molar-refractivity contribution < 1.29 is 42.9 Å². The number of carbonyl (C=O) groups excluding carboxylic acids is 5. The standard InChI is InChI=1S/C42H51N7O8.C5H10O/c1-55-41(53)46-26-37(50)43-18-4-3-7-36-44-25-34(47-36)33-15-14-31-22-30(12-13-32(31)23-33)28-10-8-27(9-11-28)24-45-39(51)35-6-5-19-49(35)40(52)38(48-42(54)56-2)29-16-20-57-21-17-29;1-2-4-6-5-3-1/h8-15,22-23,25,29,35,38H,3-7,16-21,24,26H2,1-2H3,(H,43,50)(H,44,47)(H,45,51)(H,46,53)(H,48,54);1-5H2. The lowest BCUT2D eigenvalue weighted by Crippen LogP contribution is -2.56. The molecule has 2 atom stereocenters. The van der Waals surface area contributed by atoms with E-state index < -0.39 is 24.3 Å². The van der Waals surface area contributed by atoms with E-state index in [2.05, 4.69) is 72.4 Å². The predicted molar refractivity (Wildman–Crippen MR) is 237 cm³/mol. The number of aromatic nitrogens is 2. The number of hydrogen-bond acceptors (Lipinski definition) is 10. The number of H-pyrrole nitrogens is 1. The van der Waals surface area contributed by atoms with Gasteiger partial charge >= 0.3 is 12.2 Å². The lowest BCUT2D eigenvalue weighted by atomic mass is 9.90. The number of amides is 5. The first-order valence-corrected chi connectivity index (χ1v) is 22.1. The Labute approximate surface area is 368 Å². The van der Waals surface area contributed by atoms with E-state index in [4.69, 9.17) is 14.2 Å². The van der Waals surface area contributed by atoms with Gasteiger partial charge in [-0.05, 0) is 103 Å². The smallest absolute Gasteiger partial charge is 0.407 e. The molecule has 0 bridgehead atoms. The van der Waals surface area contributed by atoms with Gasteiger partial charge in [-0.25, -0.2) is 14.6 Å². The van der Waals surface area contributed by atoms with Gasteiger partial charge in [-0.3, -0.25) is 14.4 Å². The van der Waals surface area contributed by atoms with Crippen molar-refractivity contribution in [3.05, 3.63) is 78.2 Å². The highest BCUT2D eigenvalue weighted by Crippen LogP contribution is 2.29. The van der Waals surface area contributed by atoms with Gasteiger partial charge in [0.2, 0.25) is 17.7 Å². The Hall–Kier alpha value is -6.00. The highest BCUT2D eigenvalue weighted by Gasteiger charge is 2.41. The van der Waals surface area contributed by atoms with E-state index in [0.29, 0.717) is 58.5 Å². The summed E-state index contributed by atoms with van der Waals surface area (Å²) in [5, 5.41) is 13.1. The average molecular weight is 868 g/mol. The number of hydrogen-bond donors (Lipinski definition) is 5. The van der Waals surface area contributed by atoms with Crippen LogP contribution in [0.15, 0.2) is 66.9 Å². The number of nitrogens with zero attached hydrogens (tertiary/aromatic N) is 2. The lowest BCUT2D eigenvalue weighted by Gasteiger charge is -2.34. The number of likely N-dealkylation sites (tertiary alicyclic amines) is 1. The number of methoxy groups -OCH3 is 2. The largest absolute Gasteiger partial charge is 0.453 e. The van der Waals surface area contributed by atoms with Crippen LogP contribution in [0.4, 0.5) is 9.59 Å². The second-order valence-corrected chi connectivity index (χ2v) is 16.0. The van der Waals surface area contributed by atoms with Crippen molar-refractivity contribution in [1.82, 2.24) is 36.1 Å². The Balaban J connectivity index is 0.00000101. The third-order valence-electron chi connectivity index (χ3n) is 11.7. The first-order chi connectivity index (χ1) is 30.7. The van der Waals surface area contributed by atoms with Crippen molar-refractivity contribution in [2.45, 2.75) is 82.8 Å². The fourth-order valence-electron chi connectivity index (χ4n) is 8.07. The van der Waals surface area contributed by atoms with Crippen LogP contribution < -0.4 is 21.3 Å². The summed E-state index contributed by atoms with van der Waals surface area (Å²) < 4.78 is 19.8. The second kappa shape index (κ2) is 24.0. The summed E-state index contributed by atoms with van der Waals surface area (Å²) in [7, 11) is 2.52. The SMILES string of the molecule is C1CCOCC1.COC(=O)NCC(=O)NCCCCc1ncc(-c2ccc3cc(-c4ccc(CNC(=O)C5CCCN5C(=O)C(NC(=O)OC)C5CCOCC5)cc4)ccc3c2)[nH]1. The molecule has 3 aliphatic rings. The number of aryl methyl sites for hydroxylation is 1. The molecule has 0 spiro atoms. The molecule has 3 saturated heterocycles. The maximum absolute atomic E-state index is 13.7. The molecular weight excluding hydrogens is 807 g/mol. The summed E-state index contributed by atoms with van der Waals surface area (Å²) in [6.07, 6.45) is 9.38. The van der Waals surface area contributed by atoms with Crippen molar-refractivity contribution in [2.24, 2.45) is 5.92 Å². The molecule has 0 saturated carbocycles. The molecule has 2 unspecified atom stereocenters. The zero-order valence-electron chi connectivity index (χ0n) is 36.4. The van der Waals surface area contributed by atoms with Gasteiger partial charge in [0.25, 0.3) is 0 Å². The molecular formula is C47H61N7O9. The van der Waals surface area contributed by atoms with Gasteiger partial charge in [-0.1, -0.05) is 48.5 Å². The Kier molecular flexibility index (Phi) is 17.7. The van der Waals surface area contributed by atoms with Gasteiger partial charge < -0.3 is 50.1 Å². The molecule has 16 nitrogen and oxygen atoms in total. The normalized spacial score (nSPS) is 16.9. The van der Waals surface area contributed by atoms with Gasteiger partial charge in [-0.2, -0.15) is 0 Å². The molecule has 4 aromatic rings. The molecule has 5 amide bonds. The Morgan fingerprint density at radius 2 is 1.44 bits per heavy atom. The summed E-state index contributed by atoms with van der Waals surface area (Å²) in [4.78, 5) is 71.7. The summed E-state index contributed by atoms with van der Waals surface area (Å²) in [6, 6.07) is 19.4. The molecule has 4 heterocycles. The summed E-state index contributed by atoms with van der Waals surface area (Å²) in [5.74, 6) is 0.0574. The van der Waals surface area contributed by atoms with E-state index in [-0.39, 0.29) is 30.2 Å². The highest BCUT2D eigenvalue weighted by atomic mass is 16.5. The molecule has 0 aliphatic carbocycles. The minimum atomic E-state index is -0.771. The van der Waals surface area contributed by atoms with Gasteiger partial charge in [-0.15, -0.1) is 0 Å². The molecule has 338 valence electrons. The van der Waals surface area contributed by atoms with E-state index in [1.54, 1.807) is 4.90 Å². The van der Waals surface area contributed by atoms with E-state index in [9.17, 15) is 24.0 Å². The van der Waals surface area contributed by atoms with Gasteiger partial charge in [0, 0.05) is 58.0 Å². The quantitative estimate of drug-likeness (QED) is 0.0932. The molecule has 63 heavy (non-hydrogen) atoms. The fraction of sp³-hybridized carbons (Fsp3) is 0.489. The van der Waals surface area contributed by atoms with Crippen molar-refractivity contribution in [1.29, 1.82) is 0 Å². The van der Waals surface area contributed by atoms with E-state index >= 15 is 0 Å². The summed E-state index contributed by atoms with van der Waals surface area (Å²) in [5.41, 5.74) is 5.04. The van der Waals surface area contributed by atoms with Crippen LogP contribution in [0, 0.1) is 5.92 Å². The number of nitrogens with one attached hydrogen (secondary N) is 5. The summed E-state index contributed by atoms with van der Waals surface area (Å²) >= 11 is 0. The number of imidazole rings is 1. The molecule has 3 aliphatic heterocycles. The Morgan fingerprint density at radius 1 is 0.762 bits per heavy atom. The zero-order valence-corrected chi connectivity index (χ0v) is 36.4. The predicted octanol–water partition coefficient (Wildman–Crippen LogP) is 5.64. The molecule has 3 aromatic carbocycles. The van der Waals surface area contributed by atoms with Crippen LogP contribution in [-0.4, -0.2) is 117 Å². The third kappa shape index (κ3) is 13.7. The fourth-order valence-corrected chi connectivity index (χ4v) is 8.07. The van der Waals surface area contributed by atoms with E-state index in [1.807, 2.05) is 30.5 Å². The van der Waals surface area contributed by atoms with Crippen molar-refractivity contribution >= 4 is 40.7 Å². The lowest BCUT2D eigenvalue weighted by molar-refractivity contribution is -0.141. The van der Waals surface area contributed by atoms with Gasteiger partial charge in [0.05, 0.1) is 32.7 Å². The van der Waals surface area contributed by atoms with E-state index in [1.165, 1.54) is 33.5 Å². The monoisotopic (exact) mass is 867 g/mol. The molecule has 5 N–H and O–H groups in total. The maximum atomic E-state index is 13.7.